The number of carbonyl (C=O) groups excluding carboxylic acids is 1. The number of hydrogen-bond donors (Lipinski definition) is 2. The van der Waals surface area contributed by atoms with Gasteiger partial charge in [-0.2, -0.15) is 5.10 Å². The Bertz CT molecular complexity index is 401. The Morgan fingerprint density at radius 3 is 2.68 bits per heavy atom. The molecule has 1 unspecified atom stereocenters. The molecule has 0 aliphatic rings. The molecule has 1 aromatic heterocycles. The highest BCUT2D eigenvalue weighted by Crippen LogP contribution is 2.14. The van der Waals surface area contributed by atoms with Crippen LogP contribution in [0, 0.1) is 11.8 Å². The number of nitrogens with one attached hydrogen (secondary N) is 1. The van der Waals surface area contributed by atoms with E-state index in [9.17, 15) is 9.59 Å². The molecule has 0 aliphatic heterocycles. The number of nitrogens with zero attached hydrogens (tertiary/aromatic N) is 2. The molecule has 0 saturated heterocycles. The van der Waals surface area contributed by atoms with Gasteiger partial charge in [-0.15, -0.1) is 0 Å². The van der Waals surface area contributed by atoms with Gasteiger partial charge in [-0.05, 0) is 24.3 Å². The van der Waals surface area contributed by atoms with Gasteiger partial charge in [-0.3, -0.25) is 14.3 Å². The summed E-state index contributed by atoms with van der Waals surface area (Å²) >= 11 is 0. The van der Waals surface area contributed by atoms with Crippen LogP contribution in [0.5, 0.6) is 0 Å². The van der Waals surface area contributed by atoms with Crippen molar-refractivity contribution in [1.29, 1.82) is 0 Å². The zero-order chi connectivity index (χ0) is 14.3. The maximum atomic E-state index is 11.7. The zero-order valence-corrected chi connectivity index (χ0v) is 11.4. The van der Waals surface area contributed by atoms with Gasteiger partial charge in [0.05, 0.1) is 0 Å². The highest BCUT2D eigenvalue weighted by molar-refractivity contribution is 5.75. The molecule has 19 heavy (non-hydrogen) atoms. The van der Waals surface area contributed by atoms with Crippen molar-refractivity contribution in [2.24, 2.45) is 11.8 Å². The van der Waals surface area contributed by atoms with Crippen molar-refractivity contribution in [3.05, 3.63) is 18.5 Å². The molecular formula is C13H21N3O3. The quantitative estimate of drug-likeness (QED) is 0.739. The number of hydrogen-bond acceptors (Lipinski definition) is 3. The van der Waals surface area contributed by atoms with Crippen molar-refractivity contribution >= 4 is 11.9 Å². The second-order valence-corrected chi connectivity index (χ2v) is 5.10. The molecule has 0 saturated carbocycles. The van der Waals surface area contributed by atoms with Gasteiger partial charge >= 0.3 is 5.97 Å². The summed E-state index contributed by atoms with van der Waals surface area (Å²) in [5.74, 6) is -0.596. The fourth-order valence-corrected chi connectivity index (χ4v) is 2.01. The Labute approximate surface area is 112 Å². The largest absolute Gasteiger partial charge is 0.481 e. The van der Waals surface area contributed by atoms with Crippen LogP contribution in [0.4, 0.5) is 0 Å². The van der Waals surface area contributed by atoms with Crippen LogP contribution in [0.25, 0.3) is 0 Å². The fourth-order valence-electron chi connectivity index (χ4n) is 2.01. The summed E-state index contributed by atoms with van der Waals surface area (Å²) in [6.07, 6.45) is 4.19. The molecule has 0 radical (unpaired) electrons. The fraction of sp³-hybridized carbons (Fsp3) is 0.615. The number of carboxylic acids is 1. The molecule has 1 heterocycles. The minimum Gasteiger partial charge on any atom is -0.481 e. The van der Waals surface area contributed by atoms with E-state index in [0.717, 1.165) is 6.42 Å². The van der Waals surface area contributed by atoms with Crippen LogP contribution < -0.4 is 5.32 Å². The zero-order valence-electron chi connectivity index (χ0n) is 11.4. The molecule has 0 spiro atoms. The first-order chi connectivity index (χ1) is 8.97. The van der Waals surface area contributed by atoms with Crippen LogP contribution >= 0.6 is 0 Å². The minimum absolute atomic E-state index is 0.0286. The number of carboxylic acid groups (broad SMARTS) is 1. The van der Waals surface area contributed by atoms with Gasteiger partial charge in [0.2, 0.25) is 5.91 Å². The van der Waals surface area contributed by atoms with E-state index in [4.69, 9.17) is 5.11 Å². The summed E-state index contributed by atoms with van der Waals surface area (Å²) < 4.78 is 1.53. The second kappa shape index (κ2) is 7.56. The Balaban J connectivity index is 2.37. The highest BCUT2D eigenvalue weighted by atomic mass is 16.4. The third kappa shape index (κ3) is 6.59. The summed E-state index contributed by atoms with van der Waals surface area (Å²) in [7, 11) is 0. The third-order valence-electron chi connectivity index (χ3n) is 2.72. The second-order valence-electron chi connectivity index (χ2n) is 5.10. The van der Waals surface area contributed by atoms with Crippen LogP contribution in [0.2, 0.25) is 0 Å². The lowest BCUT2D eigenvalue weighted by Crippen LogP contribution is -2.33. The van der Waals surface area contributed by atoms with Crippen LogP contribution in [-0.2, 0) is 16.1 Å². The summed E-state index contributed by atoms with van der Waals surface area (Å²) in [5.41, 5.74) is 0. The van der Waals surface area contributed by atoms with Crippen LogP contribution in [-0.4, -0.2) is 33.3 Å². The van der Waals surface area contributed by atoms with Crippen molar-refractivity contribution in [2.75, 3.05) is 6.54 Å². The molecule has 1 amide bonds. The number of rotatable bonds is 8. The molecule has 106 valence electrons. The van der Waals surface area contributed by atoms with Gasteiger partial charge in [0.25, 0.3) is 0 Å². The van der Waals surface area contributed by atoms with Crippen LogP contribution in [0.15, 0.2) is 18.5 Å². The summed E-state index contributed by atoms with van der Waals surface area (Å²) in [6, 6.07) is 1.75. The Morgan fingerprint density at radius 2 is 2.16 bits per heavy atom. The molecule has 6 heteroatoms. The van der Waals surface area contributed by atoms with Crippen LogP contribution in [0.1, 0.15) is 26.7 Å². The molecule has 0 fully saturated rings. The molecule has 0 bridgehead atoms. The number of aliphatic carboxylic acids is 1. The van der Waals surface area contributed by atoms with E-state index in [1.807, 2.05) is 13.8 Å². The molecule has 1 aromatic rings. The van der Waals surface area contributed by atoms with E-state index in [1.165, 1.54) is 4.68 Å². The van der Waals surface area contributed by atoms with E-state index >= 15 is 0 Å². The summed E-state index contributed by atoms with van der Waals surface area (Å²) in [5, 5.41) is 15.6. The SMILES string of the molecule is CC(C)CC(CNC(=O)Cn1cccn1)CC(=O)O. The average molecular weight is 267 g/mol. The first-order valence-electron chi connectivity index (χ1n) is 6.43. The predicted octanol–water partition coefficient (Wildman–Crippen LogP) is 1.14. The van der Waals surface area contributed by atoms with Crippen molar-refractivity contribution in [3.8, 4) is 0 Å². The average Bonchev–Trinajstić information content (AvgIpc) is 2.77. The van der Waals surface area contributed by atoms with Gasteiger partial charge < -0.3 is 10.4 Å². The standard InChI is InChI=1S/C13H21N3O3/c1-10(2)6-11(7-13(18)19)8-14-12(17)9-16-5-3-4-15-16/h3-5,10-11H,6-9H2,1-2H3,(H,14,17)(H,18,19). The van der Waals surface area contributed by atoms with E-state index in [-0.39, 0.29) is 24.8 Å². The van der Waals surface area contributed by atoms with Gasteiger partial charge in [0, 0.05) is 25.4 Å². The monoisotopic (exact) mass is 267 g/mol. The topological polar surface area (TPSA) is 84.2 Å². The minimum atomic E-state index is -0.827. The van der Waals surface area contributed by atoms with E-state index < -0.39 is 5.97 Å². The molecular weight excluding hydrogens is 246 g/mol. The lowest BCUT2D eigenvalue weighted by Gasteiger charge is -2.17. The first-order valence-corrected chi connectivity index (χ1v) is 6.43. The molecule has 1 atom stereocenters. The van der Waals surface area contributed by atoms with Crippen molar-refractivity contribution in [1.82, 2.24) is 15.1 Å². The lowest BCUT2D eigenvalue weighted by atomic mass is 9.94. The summed E-state index contributed by atoms with van der Waals surface area (Å²) in [6.45, 7) is 4.64. The highest BCUT2D eigenvalue weighted by Gasteiger charge is 2.16. The maximum absolute atomic E-state index is 11.7. The molecule has 0 aromatic carbocycles. The van der Waals surface area contributed by atoms with Crippen LogP contribution in [0.3, 0.4) is 0 Å². The summed E-state index contributed by atoms with van der Waals surface area (Å²) in [4.78, 5) is 22.4. The van der Waals surface area contributed by atoms with Crippen molar-refractivity contribution < 1.29 is 14.7 Å². The Hall–Kier alpha value is -1.85. The van der Waals surface area contributed by atoms with E-state index in [1.54, 1.807) is 18.5 Å². The third-order valence-corrected chi connectivity index (χ3v) is 2.72. The van der Waals surface area contributed by atoms with E-state index in [2.05, 4.69) is 10.4 Å². The Kier molecular flexibility index (Phi) is 6.05. The molecule has 6 nitrogen and oxygen atoms in total. The number of aromatic nitrogens is 2. The molecule has 1 rings (SSSR count). The first kappa shape index (κ1) is 15.2. The molecule has 0 aliphatic carbocycles. The van der Waals surface area contributed by atoms with Gasteiger partial charge in [0.15, 0.2) is 0 Å². The molecule has 2 N–H and O–H groups in total. The van der Waals surface area contributed by atoms with Crippen molar-refractivity contribution in [2.45, 2.75) is 33.2 Å². The Morgan fingerprint density at radius 1 is 1.42 bits per heavy atom. The number of amides is 1. The van der Waals surface area contributed by atoms with Gasteiger partial charge in [-0.1, -0.05) is 13.8 Å². The predicted molar refractivity (Wildman–Crippen MR) is 70.4 cm³/mol. The smallest absolute Gasteiger partial charge is 0.303 e. The number of carbonyl (C=O) groups is 2. The normalized spacial score (nSPS) is 12.4. The van der Waals surface area contributed by atoms with E-state index in [0.29, 0.717) is 12.5 Å². The maximum Gasteiger partial charge on any atom is 0.303 e. The van der Waals surface area contributed by atoms with Crippen molar-refractivity contribution in [3.63, 3.8) is 0 Å². The van der Waals surface area contributed by atoms with Gasteiger partial charge in [-0.25, -0.2) is 0 Å². The van der Waals surface area contributed by atoms with Gasteiger partial charge in [0.1, 0.15) is 6.54 Å². The lowest BCUT2D eigenvalue weighted by molar-refractivity contribution is -0.138.